The number of methoxy groups -OCH3 is 1. The summed E-state index contributed by atoms with van der Waals surface area (Å²) in [6, 6.07) is 12.0. The van der Waals surface area contributed by atoms with E-state index in [9.17, 15) is 0 Å². The summed E-state index contributed by atoms with van der Waals surface area (Å²) < 4.78 is 11.2. The molecular weight excluding hydrogens is 258 g/mol. The van der Waals surface area contributed by atoms with Crippen LogP contribution < -0.4 is 10.5 Å². The van der Waals surface area contributed by atoms with Crippen LogP contribution in [0.15, 0.2) is 41.8 Å². The van der Waals surface area contributed by atoms with Crippen LogP contribution in [0.5, 0.6) is 5.75 Å². The van der Waals surface area contributed by atoms with Crippen LogP contribution in [0.1, 0.15) is 16.5 Å². The molecule has 1 atom stereocenters. The van der Waals surface area contributed by atoms with Crippen molar-refractivity contribution in [2.75, 3.05) is 20.3 Å². The average Bonchev–Trinajstić information content (AvgIpc) is 2.97. The lowest BCUT2D eigenvalue weighted by atomic mass is 10.1. The SMILES string of the molecule is COc1ccccc1C(CN)OCCc1cccs1. The van der Waals surface area contributed by atoms with Gasteiger partial charge in [0.25, 0.3) is 0 Å². The van der Waals surface area contributed by atoms with Crippen LogP contribution in [0.4, 0.5) is 0 Å². The minimum Gasteiger partial charge on any atom is -0.496 e. The minimum atomic E-state index is -0.115. The first kappa shape index (κ1) is 14.1. The Balaban J connectivity index is 1.95. The van der Waals surface area contributed by atoms with E-state index in [0.29, 0.717) is 13.2 Å². The predicted octanol–water partition coefficient (Wildman–Crippen LogP) is 3.02. The lowest BCUT2D eigenvalue weighted by Gasteiger charge is -2.18. The fourth-order valence-electron chi connectivity index (χ4n) is 1.97. The molecule has 19 heavy (non-hydrogen) atoms. The molecular formula is C15H19NO2S. The van der Waals surface area contributed by atoms with Crippen LogP contribution in [0, 0.1) is 0 Å². The molecule has 2 N–H and O–H groups in total. The highest BCUT2D eigenvalue weighted by molar-refractivity contribution is 7.09. The van der Waals surface area contributed by atoms with Crippen molar-refractivity contribution in [1.82, 2.24) is 0 Å². The van der Waals surface area contributed by atoms with Crippen LogP contribution in [-0.4, -0.2) is 20.3 Å². The van der Waals surface area contributed by atoms with Crippen molar-refractivity contribution in [1.29, 1.82) is 0 Å². The molecule has 4 heteroatoms. The highest BCUT2D eigenvalue weighted by Gasteiger charge is 2.14. The van der Waals surface area contributed by atoms with Gasteiger partial charge in [-0.3, -0.25) is 0 Å². The number of benzene rings is 1. The molecule has 2 rings (SSSR count). The molecule has 1 aromatic carbocycles. The number of para-hydroxylation sites is 1. The lowest BCUT2D eigenvalue weighted by Crippen LogP contribution is -2.17. The summed E-state index contributed by atoms with van der Waals surface area (Å²) in [6.45, 7) is 1.12. The van der Waals surface area contributed by atoms with Crippen LogP contribution in [-0.2, 0) is 11.2 Å². The maximum absolute atomic E-state index is 5.89. The molecule has 0 saturated carbocycles. The molecule has 0 fully saturated rings. The molecule has 102 valence electrons. The van der Waals surface area contributed by atoms with Gasteiger partial charge in [-0.2, -0.15) is 0 Å². The third-order valence-corrected chi connectivity index (χ3v) is 3.88. The summed E-state index contributed by atoms with van der Waals surface area (Å²) in [4.78, 5) is 1.33. The number of hydrogen-bond donors (Lipinski definition) is 1. The Morgan fingerprint density at radius 3 is 2.74 bits per heavy atom. The van der Waals surface area contributed by atoms with Gasteiger partial charge in [0.15, 0.2) is 0 Å². The lowest BCUT2D eigenvalue weighted by molar-refractivity contribution is 0.0595. The average molecular weight is 277 g/mol. The van der Waals surface area contributed by atoms with Crippen LogP contribution in [0.25, 0.3) is 0 Å². The highest BCUT2D eigenvalue weighted by atomic mass is 32.1. The molecule has 3 nitrogen and oxygen atoms in total. The summed E-state index contributed by atoms with van der Waals surface area (Å²) in [5.74, 6) is 0.828. The van der Waals surface area contributed by atoms with Gasteiger partial charge in [0, 0.05) is 23.4 Å². The van der Waals surface area contributed by atoms with E-state index in [-0.39, 0.29) is 6.10 Å². The highest BCUT2D eigenvalue weighted by Crippen LogP contribution is 2.26. The summed E-state index contributed by atoms with van der Waals surface area (Å²) in [5, 5.41) is 2.08. The minimum absolute atomic E-state index is 0.115. The summed E-state index contributed by atoms with van der Waals surface area (Å²) in [7, 11) is 1.66. The Morgan fingerprint density at radius 1 is 1.21 bits per heavy atom. The van der Waals surface area contributed by atoms with Gasteiger partial charge in [0.05, 0.1) is 19.8 Å². The van der Waals surface area contributed by atoms with E-state index in [0.717, 1.165) is 17.7 Å². The van der Waals surface area contributed by atoms with Crippen LogP contribution >= 0.6 is 11.3 Å². The summed E-state index contributed by atoms with van der Waals surface area (Å²) in [5.41, 5.74) is 6.82. The third-order valence-electron chi connectivity index (χ3n) is 2.95. The largest absolute Gasteiger partial charge is 0.496 e. The van der Waals surface area contributed by atoms with E-state index in [2.05, 4.69) is 17.5 Å². The molecule has 0 radical (unpaired) electrons. The third kappa shape index (κ3) is 3.80. The van der Waals surface area contributed by atoms with Gasteiger partial charge in [0.1, 0.15) is 5.75 Å². The number of ether oxygens (including phenoxy) is 2. The molecule has 0 bridgehead atoms. The van der Waals surface area contributed by atoms with Gasteiger partial charge < -0.3 is 15.2 Å². The second-order valence-electron chi connectivity index (χ2n) is 4.17. The summed E-state index contributed by atoms with van der Waals surface area (Å²) in [6.07, 6.45) is 0.805. The Morgan fingerprint density at radius 2 is 2.05 bits per heavy atom. The topological polar surface area (TPSA) is 44.5 Å². The van der Waals surface area contributed by atoms with Gasteiger partial charge in [-0.05, 0) is 17.5 Å². The van der Waals surface area contributed by atoms with Crippen molar-refractivity contribution in [3.8, 4) is 5.75 Å². The van der Waals surface area contributed by atoms with Gasteiger partial charge in [-0.25, -0.2) is 0 Å². The van der Waals surface area contributed by atoms with Crippen molar-refractivity contribution < 1.29 is 9.47 Å². The first-order valence-corrected chi connectivity index (χ1v) is 7.20. The van der Waals surface area contributed by atoms with Crippen molar-refractivity contribution in [2.45, 2.75) is 12.5 Å². The Labute approximate surface area is 118 Å². The molecule has 0 aliphatic carbocycles. The maximum atomic E-state index is 5.89. The van der Waals surface area contributed by atoms with E-state index in [1.54, 1.807) is 18.4 Å². The molecule has 1 heterocycles. The zero-order valence-corrected chi connectivity index (χ0v) is 11.9. The van der Waals surface area contributed by atoms with Crippen LogP contribution in [0.3, 0.4) is 0 Å². The molecule has 0 spiro atoms. The Kier molecular flexibility index (Phi) is 5.39. The second-order valence-corrected chi connectivity index (χ2v) is 5.20. The monoisotopic (exact) mass is 277 g/mol. The van der Waals surface area contributed by atoms with E-state index >= 15 is 0 Å². The first-order valence-electron chi connectivity index (χ1n) is 6.32. The smallest absolute Gasteiger partial charge is 0.124 e. The predicted molar refractivity (Wildman–Crippen MR) is 78.8 cm³/mol. The fraction of sp³-hybridized carbons (Fsp3) is 0.333. The molecule has 0 aliphatic heterocycles. The standard InChI is InChI=1S/C15H19NO2S/c1-17-14-7-3-2-6-13(14)15(11-16)18-9-8-12-5-4-10-19-12/h2-7,10,15H,8-9,11,16H2,1H3. The van der Waals surface area contributed by atoms with Crippen molar-refractivity contribution in [2.24, 2.45) is 5.73 Å². The molecule has 0 saturated heterocycles. The zero-order chi connectivity index (χ0) is 13.5. The quantitative estimate of drug-likeness (QED) is 0.846. The van der Waals surface area contributed by atoms with E-state index in [4.69, 9.17) is 15.2 Å². The van der Waals surface area contributed by atoms with E-state index < -0.39 is 0 Å². The number of thiophene rings is 1. The number of rotatable bonds is 7. The van der Waals surface area contributed by atoms with Crippen molar-refractivity contribution in [3.63, 3.8) is 0 Å². The van der Waals surface area contributed by atoms with Gasteiger partial charge in [-0.1, -0.05) is 24.3 Å². The molecule has 0 aliphatic rings. The van der Waals surface area contributed by atoms with Crippen LogP contribution in [0.2, 0.25) is 0 Å². The van der Waals surface area contributed by atoms with E-state index in [1.165, 1.54) is 4.88 Å². The first-order chi connectivity index (χ1) is 9.35. The Hall–Kier alpha value is -1.36. The van der Waals surface area contributed by atoms with Gasteiger partial charge >= 0.3 is 0 Å². The van der Waals surface area contributed by atoms with Crippen molar-refractivity contribution in [3.05, 3.63) is 52.2 Å². The molecule has 1 aromatic heterocycles. The molecule has 0 amide bonds. The maximum Gasteiger partial charge on any atom is 0.124 e. The normalized spacial score (nSPS) is 12.3. The van der Waals surface area contributed by atoms with E-state index in [1.807, 2.05) is 24.3 Å². The number of hydrogen-bond acceptors (Lipinski definition) is 4. The number of nitrogens with two attached hydrogens (primary N) is 1. The molecule has 2 aromatic rings. The van der Waals surface area contributed by atoms with Crippen molar-refractivity contribution >= 4 is 11.3 Å². The fourth-order valence-corrected chi connectivity index (χ4v) is 2.66. The zero-order valence-electron chi connectivity index (χ0n) is 11.0. The van der Waals surface area contributed by atoms with Gasteiger partial charge in [0.2, 0.25) is 0 Å². The Bertz CT molecular complexity index is 485. The second kappa shape index (κ2) is 7.28. The summed E-state index contributed by atoms with van der Waals surface area (Å²) >= 11 is 1.75. The molecule has 1 unspecified atom stereocenters. The van der Waals surface area contributed by atoms with Gasteiger partial charge in [-0.15, -0.1) is 11.3 Å².